The molecule has 0 radical (unpaired) electrons. The standard InChI is InChI=1S/C20H26F2N8O/c21-20(22)12-24-3-1-16(20)30-4-2-14-15(11-30)27-17(13-9-25-19(23)26-10-13)28-18(14)29-5-7-31-8-6-29/h9-10,16,24H,1-8,11-12H2,(H2,23,25,26). The van der Waals surface area contributed by atoms with Crippen LogP contribution in [0, 0.1) is 0 Å². The lowest BCUT2D eigenvalue weighted by molar-refractivity contribution is -0.0993. The van der Waals surface area contributed by atoms with E-state index in [0.717, 1.165) is 30.2 Å². The van der Waals surface area contributed by atoms with Gasteiger partial charge in [-0.25, -0.2) is 28.7 Å². The Hall–Kier alpha value is -2.50. The van der Waals surface area contributed by atoms with Gasteiger partial charge in [-0.15, -0.1) is 0 Å². The van der Waals surface area contributed by atoms with Crippen LogP contribution in [0.3, 0.4) is 0 Å². The summed E-state index contributed by atoms with van der Waals surface area (Å²) in [5, 5.41) is 2.81. The van der Waals surface area contributed by atoms with Gasteiger partial charge in [0.15, 0.2) is 5.82 Å². The van der Waals surface area contributed by atoms with Crippen LogP contribution in [-0.4, -0.2) is 82.7 Å². The third kappa shape index (κ3) is 4.04. The van der Waals surface area contributed by atoms with Gasteiger partial charge in [0, 0.05) is 44.1 Å². The fourth-order valence-electron chi connectivity index (χ4n) is 4.59. The van der Waals surface area contributed by atoms with Gasteiger partial charge in [0.05, 0.1) is 37.1 Å². The molecule has 166 valence electrons. The van der Waals surface area contributed by atoms with Gasteiger partial charge in [0.25, 0.3) is 5.92 Å². The van der Waals surface area contributed by atoms with E-state index < -0.39 is 12.0 Å². The maximum absolute atomic E-state index is 14.6. The molecule has 1 atom stereocenters. The number of hydrogen-bond acceptors (Lipinski definition) is 9. The number of aromatic nitrogens is 4. The van der Waals surface area contributed by atoms with Crippen molar-refractivity contribution in [2.75, 3.05) is 56.6 Å². The van der Waals surface area contributed by atoms with Crippen LogP contribution in [0.25, 0.3) is 11.4 Å². The third-order valence-electron chi connectivity index (χ3n) is 6.20. The maximum Gasteiger partial charge on any atom is 0.275 e. The van der Waals surface area contributed by atoms with E-state index in [0.29, 0.717) is 57.1 Å². The minimum absolute atomic E-state index is 0.175. The van der Waals surface area contributed by atoms with Crippen molar-refractivity contribution in [1.29, 1.82) is 0 Å². The summed E-state index contributed by atoms with van der Waals surface area (Å²) in [4.78, 5) is 21.8. The number of rotatable bonds is 3. The summed E-state index contributed by atoms with van der Waals surface area (Å²) in [7, 11) is 0. The molecule has 0 aliphatic carbocycles. The normalized spacial score (nSPS) is 24.1. The van der Waals surface area contributed by atoms with Crippen LogP contribution < -0.4 is 16.0 Å². The van der Waals surface area contributed by atoms with Crippen molar-refractivity contribution < 1.29 is 13.5 Å². The van der Waals surface area contributed by atoms with E-state index in [9.17, 15) is 8.78 Å². The van der Waals surface area contributed by atoms with E-state index in [4.69, 9.17) is 20.4 Å². The first kappa shape index (κ1) is 20.4. The second kappa shape index (κ2) is 8.21. The van der Waals surface area contributed by atoms with Gasteiger partial charge in [-0.3, -0.25) is 4.90 Å². The molecule has 2 aromatic heterocycles. The predicted octanol–water partition coefficient (Wildman–Crippen LogP) is 0.708. The fraction of sp³-hybridized carbons (Fsp3) is 0.600. The van der Waals surface area contributed by atoms with Gasteiger partial charge in [-0.05, 0) is 19.4 Å². The molecule has 3 aliphatic rings. The number of ether oxygens (including phenoxy) is 1. The number of fused-ring (bicyclic) bond motifs is 1. The Kier molecular flexibility index (Phi) is 5.40. The zero-order chi connectivity index (χ0) is 21.4. The number of nitrogens with one attached hydrogen (secondary N) is 1. The summed E-state index contributed by atoms with van der Waals surface area (Å²) in [6, 6.07) is -0.785. The van der Waals surface area contributed by atoms with Crippen LogP contribution >= 0.6 is 0 Å². The number of nitrogens with two attached hydrogens (primary N) is 1. The van der Waals surface area contributed by atoms with Gasteiger partial charge in [0.2, 0.25) is 5.95 Å². The number of hydrogen-bond donors (Lipinski definition) is 2. The second-order valence-corrected chi connectivity index (χ2v) is 8.19. The monoisotopic (exact) mass is 432 g/mol. The number of nitrogens with zero attached hydrogens (tertiary/aromatic N) is 6. The summed E-state index contributed by atoms with van der Waals surface area (Å²) in [6.45, 7) is 3.99. The molecule has 31 heavy (non-hydrogen) atoms. The smallest absolute Gasteiger partial charge is 0.275 e. The molecular weight excluding hydrogens is 406 g/mol. The predicted molar refractivity (Wildman–Crippen MR) is 111 cm³/mol. The molecule has 9 nitrogen and oxygen atoms in total. The molecule has 0 spiro atoms. The number of halogens is 2. The number of anilines is 2. The maximum atomic E-state index is 14.6. The molecule has 0 bridgehead atoms. The van der Waals surface area contributed by atoms with Crippen LogP contribution in [0.1, 0.15) is 17.7 Å². The van der Waals surface area contributed by atoms with E-state index in [1.165, 1.54) is 0 Å². The van der Waals surface area contributed by atoms with Gasteiger partial charge < -0.3 is 20.7 Å². The minimum Gasteiger partial charge on any atom is -0.378 e. The average Bonchev–Trinajstić information content (AvgIpc) is 2.79. The molecule has 2 saturated heterocycles. The zero-order valence-corrected chi connectivity index (χ0v) is 17.2. The highest BCUT2D eigenvalue weighted by molar-refractivity contribution is 5.60. The first-order chi connectivity index (χ1) is 15.0. The second-order valence-electron chi connectivity index (χ2n) is 8.19. The van der Waals surface area contributed by atoms with E-state index in [1.54, 1.807) is 12.4 Å². The Morgan fingerprint density at radius 1 is 1.13 bits per heavy atom. The Morgan fingerprint density at radius 3 is 2.65 bits per heavy atom. The van der Waals surface area contributed by atoms with Crippen molar-refractivity contribution in [2.45, 2.75) is 31.4 Å². The Morgan fingerprint density at radius 2 is 1.90 bits per heavy atom. The molecule has 11 heteroatoms. The summed E-state index contributed by atoms with van der Waals surface area (Å²) in [6.07, 6.45) is 4.24. The molecule has 5 heterocycles. The van der Waals surface area contributed by atoms with E-state index in [1.807, 2.05) is 4.90 Å². The molecule has 0 saturated carbocycles. The molecule has 2 fully saturated rings. The highest BCUT2D eigenvalue weighted by Crippen LogP contribution is 2.34. The van der Waals surface area contributed by atoms with Crippen LogP contribution in [0.15, 0.2) is 12.4 Å². The molecule has 5 rings (SSSR count). The Balaban J connectivity index is 1.52. The molecular formula is C20H26F2N8O. The molecule has 0 aromatic carbocycles. The molecule has 3 N–H and O–H groups in total. The van der Waals surface area contributed by atoms with Gasteiger partial charge >= 0.3 is 0 Å². The summed E-state index contributed by atoms with van der Waals surface area (Å²) in [5.74, 6) is -1.24. The number of nitrogen functional groups attached to an aromatic ring is 1. The van der Waals surface area contributed by atoms with E-state index in [-0.39, 0.29) is 12.5 Å². The Labute approximate surface area is 179 Å². The molecule has 0 amide bonds. The summed E-state index contributed by atoms with van der Waals surface area (Å²) >= 11 is 0. The van der Waals surface area contributed by atoms with Gasteiger partial charge in [-0.1, -0.05) is 0 Å². The summed E-state index contributed by atoms with van der Waals surface area (Å²) in [5.41, 5.74) is 8.10. The van der Waals surface area contributed by atoms with E-state index in [2.05, 4.69) is 20.2 Å². The first-order valence-electron chi connectivity index (χ1n) is 10.6. The van der Waals surface area contributed by atoms with Gasteiger partial charge in [-0.2, -0.15) is 0 Å². The fourth-order valence-corrected chi connectivity index (χ4v) is 4.59. The van der Waals surface area contributed by atoms with Crippen molar-refractivity contribution in [2.24, 2.45) is 0 Å². The van der Waals surface area contributed by atoms with Crippen molar-refractivity contribution >= 4 is 11.8 Å². The van der Waals surface area contributed by atoms with Crippen molar-refractivity contribution in [3.05, 3.63) is 23.7 Å². The Bertz CT molecular complexity index is 936. The lowest BCUT2D eigenvalue weighted by atomic mass is 9.96. The molecule has 2 aromatic rings. The van der Waals surface area contributed by atoms with E-state index >= 15 is 0 Å². The van der Waals surface area contributed by atoms with Crippen molar-refractivity contribution in [3.8, 4) is 11.4 Å². The minimum atomic E-state index is -2.76. The molecule has 1 unspecified atom stereocenters. The van der Waals surface area contributed by atoms with Gasteiger partial charge in [0.1, 0.15) is 5.82 Å². The van der Waals surface area contributed by atoms with Crippen molar-refractivity contribution in [3.63, 3.8) is 0 Å². The first-order valence-corrected chi connectivity index (χ1v) is 10.6. The molecule has 3 aliphatic heterocycles. The van der Waals surface area contributed by atoms with Crippen LogP contribution in [0.4, 0.5) is 20.5 Å². The highest BCUT2D eigenvalue weighted by Gasteiger charge is 2.45. The van der Waals surface area contributed by atoms with Crippen molar-refractivity contribution in [1.82, 2.24) is 30.2 Å². The third-order valence-corrected chi connectivity index (χ3v) is 6.20. The largest absolute Gasteiger partial charge is 0.378 e. The van der Waals surface area contributed by atoms with Crippen LogP contribution in [0.2, 0.25) is 0 Å². The van der Waals surface area contributed by atoms with Crippen LogP contribution in [-0.2, 0) is 17.7 Å². The summed E-state index contributed by atoms with van der Waals surface area (Å²) < 4.78 is 34.7. The quantitative estimate of drug-likeness (QED) is 0.725. The zero-order valence-electron chi connectivity index (χ0n) is 17.2. The number of alkyl halides is 2. The lowest BCUT2D eigenvalue weighted by Crippen LogP contribution is -2.58. The SMILES string of the molecule is Nc1ncc(-c2nc3c(c(N4CCOCC4)n2)CCN(C2CCNCC2(F)F)C3)cn1. The lowest BCUT2D eigenvalue weighted by Gasteiger charge is -2.42. The number of piperidine rings is 1. The number of morpholine rings is 1. The average molecular weight is 432 g/mol. The highest BCUT2D eigenvalue weighted by atomic mass is 19.3. The van der Waals surface area contributed by atoms with Crippen LogP contribution in [0.5, 0.6) is 0 Å². The topological polar surface area (TPSA) is 105 Å².